The summed E-state index contributed by atoms with van der Waals surface area (Å²) in [5.74, 6) is 2.17. The molecule has 4 rings (SSSR count). The van der Waals surface area contributed by atoms with Crippen LogP contribution in [0.4, 0.5) is 0 Å². The lowest BCUT2D eigenvalue weighted by atomic mass is 9.93. The third-order valence-corrected chi connectivity index (χ3v) is 7.74. The van der Waals surface area contributed by atoms with E-state index in [1.54, 1.807) is 87.3 Å². The zero-order valence-corrected chi connectivity index (χ0v) is 24.0. The largest absolute Gasteiger partial charge is 0.497 e. The van der Waals surface area contributed by atoms with Crippen molar-refractivity contribution in [3.63, 3.8) is 0 Å². The lowest BCUT2D eigenvalue weighted by Crippen LogP contribution is -2.43. The maximum atomic E-state index is 14.1. The van der Waals surface area contributed by atoms with Crippen LogP contribution in [0.2, 0.25) is 0 Å². The zero-order valence-electron chi connectivity index (χ0n) is 23.2. The minimum Gasteiger partial charge on any atom is -0.497 e. The minimum atomic E-state index is -0.770. The molecule has 1 atom stereocenters. The van der Waals surface area contributed by atoms with Gasteiger partial charge in [-0.1, -0.05) is 11.3 Å². The van der Waals surface area contributed by atoms with Crippen LogP contribution in [-0.4, -0.2) is 56.9 Å². The van der Waals surface area contributed by atoms with Gasteiger partial charge in [-0.15, -0.1) is 0 Å². The second-order valence-corrected chi connectivity index (χ2v) is 9.78. The number of thiazole rings is 1. The standard InChI is InChI=1S/C29H33N3O6S/c1-8-31(9-2)28(34)25-17(3)30-29-32(26(25)21-16-20(36-5)11-13-23(21)38-7)27(33)24(39-29)15-18-14-19(35-4)10-12-22(18)37-6/h10-16,26H,8-9H2,1-7H3/b24-15+/t26-/m0/s1. The van der Waals surface area contributed by atoms with E-state index in [0.717, 1.165) is 0 Å². The third-order valence-electron chi connectivity index (χ3n) is 6.76. The first-order chi connectivity index (χ1) is 18.8. The van der Waals surface area contributed by atoms with E-state index in [9.17, 15) is 9.59 Å². The first-order valence-corrected chi connectivity index (χ1v) is 13.4. The van der Waals surface area contributed by atoms with Gasteiger partial charge in [0, 0.05) is 24.2 Å². The molecule has 0 bridgehead atoms. The smallest absolute Gasteiger partial charge is 0.271 e. The fraction of sp³-hybridized carbons (Fsp3) is 0.345. The monoisotopic (exact) mass is 551 g/mol. The average Bonchev–Trinajstić information content (AvgIpc) is 3.26. The van der Waals surface area contributed by atoms with Gasteiger partial charge in [0.25, 0.3) is 11.5 Å². The summed E-state index contributed by atoms with van der Waals surface area (Å²) in [5.41, 5.74) is 2.01. The molecule has 1 aliphatic heterocycles. The molecule has 0 radical (unpaired) electrons. The summed E-state index contributed by atoms with van der Waals surface area (Å²) in [6, 6.07) is 9.98. The number of fused-ring (bicyclic) bond motifs is 1. The van der Waals surface area contributed by atoms with Crippen molar-refractivity contribution in [2.45, 2.75) is 26.8 Å². The molecule has 9 nitrogen and oxygen atoms in total. The fourth-order valence-electron chi connectivity index (χ4n) is 4.72. The number of ether oxygens (including phenoxy) is 4. The Kier molecular flexibility index (Phi) is 8.44. The van der Waals surface area contributed by atoms with Crippen molar-refractivity contribution in [2.24, 2.45) is 4.99 Å². The van der Waals surface area contributed by atoms with Crippen LogP contribution in [0.25, 0.3) is 6.08 Å². The highest BCUT2D eigenvalue weighted by Crippen LogP contribution is 2.38. The maximum absolute atomic E-state index is 14.1. The van der Waals surface area contributed by atoms with Gasteiger partial charge in [0.05, 0.1) is 44.2 Å². The van der Waals surface area contributed by atoms with Crippen molar-refractivity contribution < 1.29 is 23.7 Å². The van der Waals surface area contributed by atoms with E-state index in [2.05, 4.69) is 0 Å². The van der Waals surface area contributed by atoms with Gasteiger partial charge in [-0.05, 0) is 63.2 Å². The van der Waals surface area contributed by atoms with Crippen molar-refractivity contribution in [1.82, 2.24) is 9.47 Å². The number of carbonyl (C=O) groups excluding carboxylic acids is 1. The van der Waals surface area contributed by atoms with E-state index in [4.69, 9.17) is 23.9 Å². The second-order valence-electron chi connectivity index (χ2n) is 8.78. The van der Waals surface area contributed by atoms with Gasteiger partial charge in [-0.2, -0.15) is 0 Å². The predicted octanol–water partition coefficient (Wildman–Crippen LogP) is 3.14. The number of rotatable bonds is 9. The van der Waals surface area contributed by atoms with Gasteiger partial charge in [-0.25, -0.2) is 4.99 Å². The third kappa shape index (κ3) is 5.16. The van der Waals surface area contributed by atoms with Crippen LogP contribution in [0, 0.1) is 0 Å². The number of nitrogens with zero attached hydrogens (tertiary/aromatic N) is 3. The summed E-state index contributed by atoms with van der Waals surface area (Å²) in [6.07, 6.45) is 1.76. The SMILES string of the molecule is CCN(CC)C(=O)C1=C(C)N=c2s/c(=C/c3cc(OC)ccc3OC)c(=O)n2[C@H]1c1cc(OC)ccc1OC. The Balaban J connectivity index is 2.04. The Morgan fingerprint density at radius 2 is 1.59 bits per heavy atom. The highest BCUT2D eigenvalue weighted by atomic mass is 32.1. The van der Waals surface area contributed by atoms with E-state index in [1.807, 2.05) is 13.8 Å². The molecule has 2 aromatic carbocycles. The van der Waals surface area contributed by atoms with Crippen LogP contribution in [0.15, 0.2) is 57.5 Å². The topological polar surface area (TPSA) is 91.6 Å². The van der Waals surface area contributed by atoms with Crippen molar-refractivity contribution in [1.29, 1.82) is 0 Å². The quantitative estimate of drug-likeness (QED) is 0.406. The Morgan fingerprint density at radius 3 is 2.18 bits per heavy atom. The lowest BCUT2D eigenvalue weighted by molar-refractivity contribution is -0.127. The molecule has 0 spiro atoms. The number of aromatic nitrogens is 1. The Morgan fingerprint density at radius 1 is 0.974 bits per heavy atom. The van der Waals surface area contributed by atoms with Crippen LogP contribution >= 0.6 is 11.3 Å². The number of hydrogen-bond donors (Lipinski definition) is 0. The van der Waals surface area contributed by atoms with Crippen LogP contribution < -0.4 is 33.8 Å². The van der Waals surface area contributed by atoms with Crippen molar-refractivity contribution in [2.75, 3.05) is 41.5 Å². The molecule has 0 N–H and O–H groups in total. The normalized spacial score (nSPS) is 14.9. The van der Waals surface area contributed by atoms with Gasteiger partial charge >= 0.3 is 0 Å². The number of benzene rings is 2. The Hall–Kier alpha value is -4.05. The summed E-state index contributed by atoms with van der Waals surface area (Å²) < 4.78 is 24.1. The van der Waals surface area contributed by atoms with Crippen LogP contribution in [-0.2, 0) is 4.79 Å². The zero-order chi connectivity index (χ0) is 28.3. The lowest BCUT2D eigenvalue weighted by Gasteiger charge is -2.30. The van der Waals surface area contributed by atoms with Crippen LogP contribution in [0.5, 0.6) is 23.0 Å². The number of allylic oxidation sites excluding steroid dienone is 1. The maximum Gasteiger partial charge on any atom is 0.271 e. The van der Waals surface area contributed by atoms with Gasteiger partial charge in [-0.3, -0.25) is 14.2 Å². The van der Waals surface area contributed by atoms with Gasteiger partial charge in [0.2, 0.25) is 0 Å². The number of hydrogen-bond acceptors (Lipinski definition) is 8. The summed E-state index contributed by atoms with van der Waals surface area (Å²) >= 11 is 1.25. The number of methoxy groups -OCH3 is 4. The number of likely N-dealkylation sites (N-methyl/N-ethyl adjacent to an activating group) is 1. The first-order valence-electron chi connectivity index (χ1n) is 12.6. The number of amides is 1. The highest BCUT2D eigenvalue weighted by molar-refractivity contribution is 7.07. The fourth-order valence-corrected chi connectivity index (χ4v) is 5.75. The molecule has 206 valence electrons. The molecule has 1 aromatic heterocycles. The summed E-state index contributed by atoms with van der Waals surface area (Å²) in [4.78, 5) is 34.9. The molecule has 39 heavy (non-hydrogen) atoms. The minimum absolute atomic E-state index is 0.181. The predicted molar refractivity (Wildman–Crippen MR) is 151 cm³/mol. The molecule has 0 saturated carbocycles. The average molecular weight is 552 g/mol. The Bertz CT molecular complexity index is 1600. The summed E-state index contributed by atoms with van der Waals surface area (Å²) in [5, 5.41) is 0. The van der Waals surface area contributed by atoms with E-state index in [-0.39, 0.29) is 11.5 Å². The summed E-state index contributed by atoms with van der Waals surface area (Å²) in [6.45, 7) is 6.70. The molecule has 3 aromatic rings. The Labute approximate surface area is 231 Å². The van der Waals surface area contributed by atoms with E-state index in [1.165, 1.54) is 11.3 Å². The van der Waals surface area contributed by atoms with E-state index >= 15 is 0 Å². The van der Waals surface area contributed by atoms with Crippen molar-refractivity contribution in [3.8, 4) is 23.0 Å². The molecule has 0 fully saturated rings. The molecule has 0 saturated heterocycles. The van der Waals surface area contributed by atoms with Gasteiger partial charge in [0.15, 0.2) is 4.80 Å². The molecular weight excluding hydrogens is 518 g/mol. The molecule has 0 unspecified atom stereocenters. The second kappa shape index (κ2) is 11.8. The van der Waals surface area contributed by atoms with Gasteiger partial charge in [0.1, 0.15) is 29.0 Å². The van der Waals surface area contributed by atoms with Crippen molar-refractivity contribution in [3.05, 3.63) is 78.5 Å². The summed E-state index contributed by atoms with van der Waals surface area (Å²) in [7, 11) is 6.29. The van der Waals surface area contributed by atoms with Crippen molar-refractivity contribution >= 4 is 23.3 Å². The van der Waals surface area contributed by atoms with E-state index in [0.29, 0.717) is 67.8 Å². The van der Waals surface area contributed by atoms with Gasteiger partial charge < -0.3 is 23.8 Å². The number of carbonyl (C=O) groups is 1. The van der Waals surface area contributed by atoms with Crippen LogP contribution in [0.1, 0.15) is 37.9 Å². The molecule has 0 aliphatic carbocycles. The first kappa shape index (κ1) is 28.0. The molecule has 1 amide bonds. The molecule has 10 heteroatoms. The molecule has 2 heterocycles. The molecule has 1 aliphatic rings. The highest BCUT2D eigenvalue weighted by Gasteiger charge is 2.36. The van der Waals surface area contributed by atoms with Crippen LogP contribution in [0.3, 0.4) is 0 Å². The molecular formula is C29H33N3O6S. The van der Waals surface area contributed by atoms with E-state index < -0.39 is 6.04 Å².